The van der Waals surface area contributed by atoms with Gasteiger partial charge in [-0.05, 0) is 47.9 Å². The number of nitrogens with zero attached hydrogens (tertiary/aromatic N) is 1. The van der Waals surface area contributed by atoms with Gasteiger partial charge in [-0.3, -0.25) is 4.90 Å². The lowest BCUT2D eigenvalue weighted by Gasteiger charge is -2.52. The summed E-state index contributed by atoms with van der Waals surface area (Å²) >= 11 is 0. The zero-order chi connectivity index (χ0) is 17.5. The number of methoxy groups -OCH3 is 2. The van der Waals surface area contributed by atoms with E-state index in [0.29, 0.717) is 24.0 Å². The summed E-state index contributed by atoms with van der Waals surface area (Å²) in [6.45, 7) is 6.18. The molecule has 134 valence electrons. The fourth-order valence-corrected chi connectivity index (χ4v) is 4.38. The van der Waals surface area contributed by atoms with E-state index in [1.807, 2.05) is 12.1 Å². The van der Waals surface area contributed by atoms with Gasteiger partial charge in [-0.2, -0.15) is 0 Å². The lowest BCUT2D eigenvalue weighted by atomic mass is 9.75. The Bertz CT molecular complexity index is 605. The van der Waals surface area contributed by atoms with Gasteiger partial charge in [0.15, 0.2) is 11.5 Å². The second kappa shape index (κ2) is 6.54. The topological polar surface area (TPSA) is 68.0 Å². The molecule has 3 atom stereocenters. The molecule has 0 amide bonds. The quantitative estimate of drug-likeness (QED) is 0.883. The Morgan fingerprint density at radius 3 is 2.58 bits per heavy atom. The number of nitrogens with two attached hydrogens (primary N) is 1. The number of aliphatic hydroxyl groups is 1. The van der Waals surface area contributed by atoms with Crippen molar-refractivity contribution < 1.29 is 14.6 Å². The Labute approximate surface area is 144 Å². The molecule has 0 spiro atoms. The molecule has 1 aromatic carbocycles. The van der Waals surface area contributed by atoms with E-state index >= 15 is 0 Å². The van der Waals surface area contributed by atoms with Crippen LogP contribution >= 0.6 is 0 Å². The molecule has 5 nitrogen and oxygen atoms in total. The number of hydrogen-bond donors (Lipinski definition) is 2. The smallest absolute Gasteiger partial charge is 0.161 e. The molecule has 2 heterocycles. The van der Waals surface area contributed by atoms with Crippen LogP contribution in [0.25, 0.3) is 0 Å². The van der Waals surface area contributed by atoms with E-state index in [0.717, 1.165) is 37.2 Å². The van der Waals surface area contributed by atoms with E-state index in [-0.39, 0.29) is 6.10 Å². The van der Waals surface area contributed by atoms with E-state index in [2.05, 4.69) is 18.7 Å². The highest BCUT2D eigenvalue weighted by Crippen LogP contribution is 2.44. The third-order valence-corrected chi connectivity index (χ3v) is 5.58. The molecule has 0 aliphatic carbocycles. The molecule has 2 aliphatic heterocycles. The Morgan fingerprint density at radius 1 is 1.29 bits per heavy atom. The van der Waals surface area contributed by atoms with Gasteiger partial charge in [0.25, 0.3) is 0 Å². The average Bonchev–Trinajstić information content (AvgIpc) is 2.54. The van der Waals surface area contributed by atoms with Crippen molar-refractivity contribution in [1.82, 2.24) is 4.90 Å². The highest BCUT2D eigenvalue weighted by Gasteiger charge is 2.47. The van der Waals surface area contributed by atoms with Crippen LogP contribution in [0.2, 0.25) is 0 Å². The van der Waals surface area contributed by atoms with Crippen LogP contribution in [0.1, 0.15) is 37.8 Å². The average molecular weight is 334 g/mol. The van der Waals surface area contributed by atoms with Crippen molar-refractivity contribution in [2.24, 2.45) is 17.6 Å². The number of aliphatic hydroxyl groups excluding tert-OH is 1. The molecule has 0 saturated carbocycles. The van der Waals surface area contributed by atoms with Crippen molar-refractivity contribution in [3.8, 4) is 11.5 Å². The summed E-state index contributed by atoms with van der Waals surface area (Å²) in [5.41, 5.74) is 8.48. The van der Waals surface area contributed by atoms with Crippen LogP contribution in [0.4, 0.5) is 0 Å². The highest BCUT2D eigenvalue weighted by molar-refractivity contribution is 5.51. The predicted octanol–water partition coefficient (Wildman–Crippen LogP) is 2.10. The summed E-state index contributed by atoms with van der Waals surface area (Å²) in [5.74, 6) is 2.31. The first-order valence-corrected chi connectivity index (χ1v) is 8.86. The minimum Gasteiger partial charge on any atom is -0.493 e. The SMILES string of the molecule is COc1cc2c(cc1OC)[C@@]1(N)C[C@H](O)[C@@H](CC(C)C)CN1CC2. The maximum Gasteiger partial charge on any atom is 0.161 e. The lowest BCUT2D eigenvalue weighted by molar-refractivity contribution is -0.0706. The first kappa shape index (κ1) is 17.5. The normalized spacial score (nSPS) is 30.0. The Morgan fingerprint density at radius 2 is 1.96 bits per heavy atom. The van der Waals surface area contributed by atoms with E-state index in [4.69, 9.17) is 15.2 Å². The van der Waals surface area contributed by atoms with Crippen molar-refractivity contribution in [1.29, 1.82) is 0 Å². The van der Waals surface area contributed by atoms with Gasteiger partial charge < -0.3 is 20.3 Å². The molecule has 1 fully saturated rings. The standard InChI is InChI=1S/C19H30N2O3/c1-12(2)7-14-11-21-6-5-13-8-17(23-3)18(24-4)9-15(13)19(21,20)10-16(14)22/h8-9,12,14,16,22H,5-7,10-11,20H2,1-4H3/t14-,16-,19+/m0/s1. The van der Waals surface area contributed by atoms with Crippen LogP contribution < -0.4 is 15.2 Å². The first-order chi connectivity index (χ1) is 11.4. The first-order valence-electron chi connectivity index (χ1n) is 8.86. The molecule has 0 radical (unpaired) electrons. The summed E-state index contributed by atoms with van der Waals surface area (Å²) in [7, 11) is 3.29. The van der Waals surface area contributed by atoms with Crippen LogP contribution in [-0.4, -0.2) is 43.4 Å². The summed E-state index contributed by atoms with van der Waals surface area (Å²) in [6.07, 6.45) is 2.17. The molecule has 0 aromatic heterocycles. The fraction of sp³-hybridized carbons (Fsp3) is 0.684. The van der Waals surface area contributed by atoms with E-state index in [9.17, 15) is 5.11 Å². The monoisotopic (exact) mass is 334 g/mol. The summed E-state index contributed by atoms with van der Waals surface area (Å²) in [6, 6.07) is 4.03. The Balaban J connectivity index is 1.96. The molecular formula is C19H30N2O3. The van der Waals surface area contributed by atoms with Gasteiger partial charge in [-0.15, -0.1) is 0 Å². The molecule has 1 aromatic rings. The fourth-order valence-electron chi connectivity index (χ4n) is 4.38. The van der Waals surface area contributed by atoms with Gasteiger partial charge in [0.05, 0.1) is 26.0 Å². The molecule has 1 saturated heterocycles. The molecule has 2 aliphatic rings. The third kappa shape index (κ3) is 2.89. The summed E-state index contributed by atoms with van der Waals surface area (Å²) < 4.78 is 10.9. The second-order valence-electron chi connectivity index (χ2n) is 7.65. The number of piperidine rings is 1. The lowest BCUT2D eigenvalue weighted by Crippen LogP contribution is -2.64. The van der Waals surface area contributed by atoms with Crippen LogP contribution in [0.3, 0.4) is 0 Å². The van der Waals surface area contributed by atoms with Gasteiger partial charge >= 0.3 is 0 Å². The zero-order valence-electron chi connectivity index (χ0n) is 15.2. The van der Waals surface area contributed by atoms with Crippen LogP contribution in [-0.2, 0) is 12.1 Å². The minimum absolute atomic E-state index is 0.295. The maximum atomic E-state index is 10.7. The second-order valence-corrected chi connectivity index (χ2v) is 7.65. The van der Waals surface area contributed by atoms with Crippen molar-refractivity contribution in [3.63, 3.8) is 0 Å². The highest BCUT2D eigenvalue weighted by atomic mass is 16.5. The molecule has 24 heavy (non-hydrogen) atoms. The molecular weight excluding hydrogens is 304 g/mol. The van der Waals surface area contributed by atoms with Crippen LogP contribution in [0.15, 0.2) is 12.1 Å². The van der Waals surface area contributed by atoms with Gasteiger partial charge in [0.1, 0.15) is 0 Å². The molecule has 3 N–H and O–H groups in total. The van der Waals surface area contributed by atoms with E-state index in [1.165, 1.54) is 5.56 Å². The third-order valence-electron chi connectivity index (χ3n) is 5.58. The number of hydrogen-bond acceptors (Lipinski definition) is 5. The summed E-state index contributed by atoms with van der Waals surface area (Å²) in [4.78, 5) is 2.35. The minimum atomic E-state index is -0.625. The van der Waals surface area contributed by atoms with Gasteiger partial charge in [-0.25, -0.2) is 0 Å². The van der Waals surface area contributed by atoms with Gasteiger partial charge in [0.2, 0.25) is 0 Å². The molecule has 3 rings (SSSR count). The van der Waals surface area contributed by atoms with E-state index in [1.54, 1.807) is 14.2 Å². The predicted molar refractivity (Wildman–Crippen MR) is 94.3 cm³/mol. The Kier molecular flexibility index (Phi) is 4.78. The van der Waals surface area contributed by atoms with E-state index < -0.39 is 5.66 Å². The molecule has 0 unspecified atom stereocenters. The molecule has 0 bridgehead atoms. The van der Waals surface area contributed by atoms with Crippen molar-refractivity contribution >= 4 is 0 Å². The number of fused-ring (bicyclic) bond motifs is 3. The van der Waals surface area contributed by atoms with Crippen molar-refractivity contribution in [2.75, 3.05) is 27.3 Å². The molecule has 5 heteroatoms. The maximum absolute atomic E-state index is 10.7. The largest absolute Gasteiger partial charge is 0.493 e. The van der Waals surface area contributed by atoms with Crippen molar-refractivity contribution in [2.45, 2.75) is 44.9 Å². The zero-order valence-corrected chi connectivity index (χ0v) is 15.2. The summed E-state index contributed by atoms with van der Waals surface area (Å²) in [5, 5.41) is 10.7. The van der Waals surface area contributed by atoms with Gasteiger partial charge in [-0.1, -0.05) is 13.8 Å². The Hall–Kier alpha value is -1.30. The van der Waals surface area contributed by atoms with Crippen molar-refractivity contribution in [3.05, 3.63) is 23.3 Å². The van der Waals surface area contributed by atoms with Crippen LogP contribution in [0, 0.1) is 11.8 Å². The van der Waals surface area contributed by atoms with Crippen LogP contribution in [0.5, 0.6) is 11.5 Å². The number of benzene rings is 1. The number of rotatable bonds is 4. The number of ether oxygens (including phenoxy) is 2. The van der Waals surface area contributed by atoms with Gasteiger partial charge in [0, 0.05) is 19.5 Å².